The number of carbonyl (C=O) groups is 2. The highest BCUT2D eigenvalue weighted by atomic mass is 35.5. The van der Waals surface area contributed by atoms with Gasteiger partial charge < -0.3 is 10.4 Å². The van der Waals surface area contributed by atoms with E-state index in [4.69, 9.17) is 28.3 Å². The second kappa shape index (κ2) is 12.2. The van der Waals surface area contributed by atoms with Crippen LogP contribution >= 0.6 is 23.2 Å². The zero-order valence-corrected chi connectivity index (χ0v) is 21.5. The Morgan fingerprint density at radius 2 is 1.55 bits per heavy atom. The van der Waals surface area contributed by atoms with Crippen LogP contribution in [0.4, 0.5) is 14.5 Å². The van der Waals surface area contributed by atoms with Gasteiger partial charge in [0.1, 0.15) is 5.69 Å². The summed E-state index contributed by atoms with van der Waals surface area (Å²) in [7, 11) is 0. The highest BCUT2D eigenvalue weighted by molar-refractivity contribution is 6.33. The lowest BCUT2D eigenvalue weighted by molar-refractivity contribution is -0.137. The molecule has 0 spiro atoms. The monoisotopic (exact) mass is 554 g/mol. The number of hydrogen-bond acceptors (Lipinski definition) is 4. The normalized spacial score (nSPS) is 10.8. The van der Waals surface area contributed by atoms with Crippen molar-refractivity contribution < 1.29 is 23.5 Å². The lowest BCUT2D eigenvalue weighted by atomic mass is 9.99. The minimum Gasteiger partial charge on any atom is -0.481 e. The molecule has 4 rings (SSSR count). The molecule has 38 heavy (non-hydrogen) atoms. The van der Waals surface area contributed by atoms with E-state index in [0.29, 0.717) is 32.4 Å². The van der Waals surface area contributed by atoms with Gasteiger partial charge in [0.25, 0.3) is 0 Å². The molecule has 0 atom stereocenters. The number of aromatic nitrogens is 1. The number of nitrogens with zero attached hydrogens (tertiary/aromatic N) is 1. The van der Waals surface area contributed by atoms with Crippen molar-refractivity contribution in [2.24, 2.45) is 0 Å². The third-order valence-electron chi connectivity index (χ3n) is 5.91. The average Bonchev–Trinajstić information content (AvgIpc) is 2.89. The fourth-order valence-electron chi connectivity index (χ4n) is 3.94. The first-order valence-corrected chi connectivity index (χ1v) is 12.5. The summed E-state index contributed by atoms with van der Waals surface area (Å²) in [6.07, 6.45) is 1.57. The van der Waals surface area contributed by atoms with Gasteiger partial charge in [0.15, 0.2) is 17.4 Å². The van der Waals surface area contributed by atoms with Gasteiger partial charge in [0, 0.05) is 47.4 Å². The molecular weight excluding hydrogens is 533 g/mol. The second-order valence-electron chi connectivity index (χ2n) is 8.58. The molecule has 0 amide bonds. The number of halogens is 4. The first-order valence-electron chi connectivity index (χ1n) is 11.7. The van der Waals surface area contributed by atoms with E-state index in [1.54, 1.807) is 24.3 Å². The quantitative estimate of drug-likeness (QED) is 0.194. The minimum absolute atomic E-state index is 0.0539. The van der Waals surface area contributed by atoms with Crippen LogP contribution in [0.1, 0.15) is 35.3 Å². The summed E-state index contributed by atoms with van der Waals surface area (Å²) in [4.78, 5) is 27.1. The second-order valence-corrected chi connectivity index (χ2v) is 9.42. The smallest absolute Gasteiger partial charge is 0.303 e. The molecule has 0 aliphatic rings. The Morgan fingerprint density at radius 1 is 0.842 bits per heavy atom. The molecule has 0 saturated heterocycles. The zero-order valence-electron chi connectivity index (χ0n) is 20.0. The topological polar surface area (TPSA) is 79.3 Å². The zero-order chi connectivity index (χ0) is 27.2. The summed E-state index contributed by atoms with van der Waals surface area (Å²) < 4.78 is 28.3. The molecule has 0 unspecified atom stereocenters. The molecule has 1 heterocycles. The van der Waals surface area contributed by atoms with E-state index in [1.807, 2.05) is 24.3 Å². The lowest BCUT2D eigenvalue weighted by Gasteiger charge is -2.14. The Morgan fingerprint density at radius 3 is 2.21 bits per heavy atom. The minimum atomic E-state index is -1.01. The summed E-state index contributed by atoms with van der Waals surface area (Å²) >= 11 is 12.5. The number of nitrogens with one attached hydrogen (secondary N) is 1. The lowest BCUT2D eigenvalue weighted by Crippen LogP contribution is -2.05. The van der Waals surface area contributed by atoms with Crippen LogP contribution in [0, 0.1) is 11.6 Å². The predicted octanol–water partition coefficient (Wildman–Crippen LogP) is 8.05. The summed E-state index contributed by atoms with van der Waals surface area (Å²) in [5.74, 6) is -3.25. The molecule has 0 aliphatic heterocycles. The molecule has 0 saturated carbocycles. The van der Waals surface area contributed by atoms with E-state index in [1.165, 1.54) is 12.3 Å². The van der Waals surface area contributed by atoms with Crippen molar-refractivity contribution in [2.45, 2.75) is 25.8 Å². The van der Waals surface area contributed by atoms with Crippen LogP contribution in [0.15, 0.2) is 72.9 Å². The maximum atomic E-state index is 14.2. The number of carboxylic acid groups (broad SMARTS) is 1. The predicted molar refractivity (Wildman–Crippen MR) is 145 cm³/mol. The van der Waals surface area contributed by atoms with Crippen LogP contribution in [-0.2, 0) is 11.3 Å². The van der Waals surface area contributed by atoms with Crippen molar-refractivity contribution in [3.05, 3.63) is 106 Å². The molecule has 2 N–H and O–H groups in total. The SMILES string of the molecule is O=C(O)CCCC(=O)c1ccc(-c2cc(F)c(F)cc2CNc2ccc(-c3ccc(Cl)cc3)c(Cl)c2)cn1. The number of carbonyl (C=O) groups excluding carboxylic acids is 1. The first kappa shape index (κ1) is 27.2. The van der Waals surface area contributed by atoms with Gasteiger partial charge in [-0.3, -0.25) is 14.6 Å². The van der Waals surface area contributed by atoms with E-state index >= 15 is 0 Å². The maximum absolute atomic E-state index is 14.2. The van der Waals surface area contributed by atoms with Gasteiger partial charge in [-0.2, -0.15) is 0 Å². The third-order valence-corrected chi connectivity index (χ3v) is 6.47. The van der Waals surface area contributed by atoms with Crippen molar-refractivity contribution in [1.82, 2.24) is 4.98 Å². The first-order chi connectivity index (χ1) is 18.2. The number of ketones is 1. The van der Waals surface area contributed by atoms with Crippen LogP contribution in [0.2, 0.25) is 10.0 Å². The molecule has 0 radical (unpaired) electrons. The van der Waals surface area contributed by atoms with Gasteiger partial charge in [-0.15, -0.1) is 0 Å². The third kappa shape index (κ3) is 6.73. The number of hydrogen-bond donors (Lipinski definition) is 2. The molecule has 4 aromatic rings. The largest absolute Gasteiger partial charge is 0.481 e. The number of carboxylic acids is 1. The van der Waals surface area contributed by atoms with Gasteiger partial charge >= 0.3 is 5.97 Å². The Labute approximate surface area is 228 Å². The number of Topliss-reactive ketones (excluding diaryl/α,β-unsaturated/α-hetero) is 1. The highest BCUT2D eigenvalue weighted by Crippen LogP contribution is 2.32. The fraction of sp³-hybridized carbons (Fsp3) is 0.138. The van der Waals surface area contributed by atoms with Crippen LogP contribution in [-0.4, -0.2) is 21.8 Å². The number of benzene rings is 3. The molecule has 0 fully saturated rings. The summed E-state index contributed by atoms with van der Waals surface area (Å²) in [6.45, 7) is 0.166. The van der Waals surface area contributed by atoms with Crippen LogP contribution in [0.25, 0.3) is 22.3 Å². The molecular formula is C29H22Cl2F2N2O3. The van der Waals surface area contributed by atoms with E-state index in [0.717, 1.165) is 23.3 Å². The summed E-state index contributed by atoms with van der Waals surface area (Å²) in [6, 6.07) is 18.0. The molecule has 1 aromatic heterocycles. The van der Waals surface area contributed by atoms with Crippen LogP contribution in [0.5, 0.6) is 0 Å². The molecule has 3 aromatic carbocycles. The Hall–Kier alpha value is -3.81. The van der Waals surface area contributed by atoms with Gasteiger partial charge in [-0.25, -0.2) is 8.78 Å². The van der Waals surface area contributed by atoms with E-state index in [2.05, 4.69) is 10.3 Å². The van der Waals surface area contributed by atoms with E-state index in [9.17, 15) is 18.4 Å². The number of anilines is 1. The van der Waals surface area contributed by atoms with Gasteiger partial charge in [-0.1, -0.05) is 47.5 Å². The van der Waals surface area contributed by atoms with Crippen molar-refractivity contribution in [2.75, 3.05) is 5.32 Å². The Balaban J connectivity index is 1.51. The van der Waals surface area contributed by atoms with Crippen molar-refractivity contribution in [3.63, 3.8) is 0 Å². The van der Waals surface area contributed by atoms with E-state index < -0.39 is 17.6 Å². The Kier molecular flexibility index (Phi) is 8.71. The van der Waals surface area contributed by atoms with Crippen molar-refractivity contribution in [1.29, 1.82) is 0 Å². The fourth-order valence-corrected chi connectivity index (χ4v) is 4.35. The number of rotatable bonds is 10. The highest BCUT2D eigenvalue weighted by Gasteiger charge is 2.14. The number of pyridine rings is 1. The maximum Gasteiger partial charge on any atom is 0.303 e. The van der Waals surface area contributed by atoms with Gasteiger partial charge in [-0.05, 0) is 65.6 Å². The Bertz CT molecular complexity index is 1480. The molecule has 0 bridgehead atoms. The van der Waals surface area contributed by atoms with Crippen LogP contribution < -0.4 is 5.32 Å². The summed E-state index contributed by atoms with van der Waals surface area (Å²) in [5.41, 5.74) is 3.98. The average molecular weight is 555 g/mol. The summed E-state index contributed by atoms with van der Waals surface area (Å²) in [5, 5.41) is 13.0. The van der Waals surface area contributed by atoms with Crippen molar-refractivity contribution >= 4 is 40.6 Å². The molecule has 9 heteroatoms. The van der Waals surface area contributed by atoms with Gasteiger partial charge in [0.05, 0.1) is 5.02 Å². The van der Waals surface area contributed by atoms with E-state index in [-0.39, 0.29) is 37.3 Å². The van der Waals surface area contributed by atoms with Gasteiger partial charge in [0.2, 0.25) is 0 Å². The molecule has 0 aliphatic carbocycles. The van der Waals surface area contributed by atoms with Crippen LogP contribution in [0.3, 0.4) is 0 Å². The molecule has 194 valence electrons. The molecule has 5 nitrogen and oxygen atoms in total. The number of aliphatic carboxylic acids is 1. The standard InChI is InChI=1S/C29H22Cl2F2N2O3/c30-20-7-4-17(5-8-20)22-10-9-21(13-24(22)31)34-16-19-12-25(32)26(33)14-23(19)18-6-11-27(35-15-18)28(36)2-1-3-29(37)38/h4-15,34H,1-3,16H2,(H,37,38). The van der Waals surface area contributed by atoms with Crippen molar-refractivity contribution in [3.8, 4) is 22.3 Å².